The van der Waals surface area contributed by atoms with Gasteiger partial charge in [-0.1, -0.05) is 30.3 Å². The summed E-state index contributed by atoms with van der Waals surface area (Å²) in [5.74, 6) is 0.633. The molecule has 0 saturated carbocycles. The zero-order valence-electron chi connectivity index (χ0n) is 10.1. The third-order valence-corrected chi connectivity index (χ3v) is 2.33. The van der Waals surface area contributed by atoms with Gasteiger partial charge in [-0.05, 0) is 0 Å². The first-order chi connectivity index (χ1) is 9.27. The topological polar surface area (TPSA) is 97.8 Å². The Balaban J connectivity index is 0.000000224. The Kier molecular flexibility index (Phi) is 4.44. The zero-order chi connectivity index (χ0) is 13.5. The number of nitrogens with one attached hydrogen (secondary N) is 2. The first-order valence-corrected chi connectivity index (χ1v) is 5.66. The molecule has 0 aliphatic carbocycles. The lowest BCUT2D eigenvalue weighted by atomic mass is 10.2. The van der Waals surface area contributed by atoms with Crippen molar-refractivity contribution in [1.82, 2.24) is 19.9 Å². The highest BCUT2D eigenvalue weighted by Crippen LogP contribution is 2.16. The maximum Gasteiger partial charge on any atom is 0.195 e. The molecule has 19 heavy (non-hydrogen) atoms. The van der Waals surface area contributed by atoms with Crippen molar-refractivity contribution in [3.63, 3.8) is 0 Å². The summed E-state index contributed by atoms with van der Waals surface area (Å²) in [6.07, 6.45) is 4.99. The summed E-state index contributed by atoms with van der Waals surface area (Å²) in [5.41, 5.74) is 1.21. The second-order valence-corrected chi connectivity index (χ2v) is 3.69. The third-order valence-electron chi connectivity index (χ3n) is 2.33. The highest BCUT2D eigenvalue weighted by Gasteiger charge is 2.07. The van der Waals surface area contributed by atoms with Gasteiger partial charge >= 0.3 is 0 Å². The van der Waals surface area contributed by atoms with Crippen molar-refractivity contribution >= 4 is 0 Å². The van der Waals surface area contributed by atoms with Crippen LogP contribution in [-0.2, 0) is 0 Å². The largest absolute Gasteiger partial charge is 0.363 e. The summed E-state index contributed by atoms with van der Waals surface area (Å²) in [5, 5.41) is 17.7. The smallest absolute Gasteiger partial charge is 0.195 e. The summed E-state index contributed by atoms with van der Waals surface area (Å²) in [6.45, 7) is 0. The number of H-pyrrole nitrogens is 2. The van der Waals surface area contributed by atoms with E-state index in [1.807, 2.05) is 30.3 Å². The Morgan fingerprint density at radius 3 is 2.37 bits per heavy atom. The number of rotatable bonds is 2. The minimum absolute atomic E-state index is 0.295. The maximum atomic E-state index is 8.87. The van der Waals surface area contributed by atoms with Crippen LogP contribution in [0.1, 0.15) is 12.0 Å². The van der Waals surface area contributed by atoms with E-state index in [0.29, 0.717) is 11.5 Å². The number of hydrogen-bond donors (Lipinski definition) is 4. The number of aromatic nitrogens is 4. The average Bonchev–Trinajstić information content (AvgIpc) is 3.14. The van der Waals surface area contributed by atoms with Gasteiger partial charge < -0.3 is 20.2 Å². The van der Waals surface area contributed by atoms with Crippen LogP contribution in [0.25, 0.3) is 11.4 Å². The predicted molar refractivity (Wildman–Crippen MR) is 69.8 cm³/mol. The molecule has 0 radical (unpaired) electrons. The van der Waals surface area contributed by atoms with Crippen LogP contribution >= 0.6 is 0 Å². The van der Waals surface area contributed by atoms with E-state index in [-0.39, 0.29) is 0 Å². The Labute approximate surface area is 109 Å². The summed E-state index contributed by atoms with van der Waals surface area (Å²) in [4.78, 5) is 13.3. The molecule has 0 unspecified atom stereocenters. The molecule has 98 valence electrons. The standard InChI is InChI=1S/C10H10N2O2.C3H4N2/c13-10(14)8-6-11-9(12-8)7-4-2-1-3-5-7;1-2-5-3-4-1/h1-6,10,13-14H,(H,11,12);1-3H,(H,4,5). The van der Waals surface area contributed by atoms with Crippen molar-refractivity contribution in [2.75, 3.05) is 0 Å². The normalized spacial score (nSPS) is 10.1. The fourth-order valence-corrected chi connectivity index (χ4v) is 1.42. The lowest BCUT2D eigenvalue weighted by Crippen LogP contribution is -1.94. The molecule has 0 atom stereocenters. The molecule has 0 aliphatic rings. The number of aliphatic hydroxyl groups excluding tert-OH is 1. The van der Waals surface area contributed by atoms with E-state index in [1.165, 1.54) is 6.20 Å². The fourth-order valence-electron chi connectivity index (χ4n) is 1.42. The first-order valence-electron chi connectivity index (χ1n) is 5.66. The zero-order valence-corrected chi connectivity index (χ0v) is 10.1. The molecular weight excluding hydrogens is 244 g/mol. The Morgan fingerprint density at radius 2 is 1.89 bits per heavy atom. The number of benzene rings is 1. The Hall–Kier alpha value is -2.44. The van der Waals surface area contributed by atoms with Gasteiger partial charge in [0.25, 0.3) is 0 Å². The number of aromatic amines is 2. The molecule has 0 spiro atoms. The molecule has 0 fully saturated rings. The minimum atomic E-state index is -1.50. The number of aliphatic hydroxyl groups is 2. The SMILES string of the molecule is OC(O)c1cnc(-c2ccccc2)[nH]1.c1c[nH]cn1. The molecule has 3 aromatic rings. The van der Waals surface area contributed by atoms with E-state index in [9.17, 15) is 0 Å². The van der Waals surface area contributed by atoms with Crippen LogP contribution in [0.15, 0.2) is 55.2 Å². The third kappa shape index (κ3) is 3.77. The van der Waals surface area contributed by atoms with Crippen LogP contribution in [0.3, 0.4) is 0 Å². The van der Waals surface area contributed by atoms with Crippen LogP contribution in [0, 0.1) is 0 Å². The Morgan fingerprint density at radius 1 is 1.11 bits per heavy atom. The lowest BCUT2D eigenvalue weighted by molar-refractivity contribution is -0.0454. The van der Waals surface area contributed by atoms with Gasteiger partial charge in [-0.25, -0.2) is 9.97 Å². The molecule has 4 N–H and O–H groups in total. The van der Waals surface area contributed by atoms with Crippen LogP contribution < -0.4 is 0 Å². The van der Waals surface area contributed by atoms with Gasteiger partial charge in [-0.15, -0.1) is 0 Å². The number of nitrogens with zero attached hydrogens (tertiary/aromatic N) is 2. The van der Waals surface area contributed by atoms with E-state index >= 15 is 0 Å². The summed E-state index contributed by atoms with van der Waals surface area (Å²) >= 11 is 0. The molecule has 6 heteroatoms. The monoisotopic (exact) mass is 258 g/mol. The van der Waals surface area contributed by atoms with Gasteiger partial charge in [0.2, 0.25) is 0 Å². The molecule has 0 bridgehead atoms. The van der Waals surface area contributed by atoms with Gasteiger partial charge in [-0.2, -0.15) is 0 Å². The van der Waals surface area contributed by atoms with Crippen molar-refractivity contribution in [3.8, 4) is 11.4 Å². The molecule has 1 aromatic carbocycles. The van der Waals surface area contributed by atoms with Gasteiger partial charge in [0.05, 0.1) is 18.2 Å². The van der Waals surface area contributed by atoms with Gasteiger partial charge in [0.15, 0.2) is 6.29 Å². The van der Waals surface area contributed by atoms with Crippen LogP contribution in [0.4, 0.5) is 0 Å². The first kappa shape index (κ1) is 13.0. The quantitative estimate of drug-likeness (QED) is 0.523. The molecule has 3 rings (SSSR count). The number of imidazole rings is 2. The van der Waals surface area contributed by atoms with Crippen molar-refractivity contribution in [1.29, 1.82) is 0 Å². The van der Waals surface area contributed by atoms with Gasteiger partial charge in [0.1, 0.15) is 5.82 Å². The summed E-state index contributed by atoms with van der Waals surface area (Å²) in [7, 11) is 0. The minimum Gasteiger partial charge on any atom is -0.363 e. The van der Waals surface area contributed by atoms with Crippen molar-refractivity contribution < 1.29 is 10.2 Å². The van der Waals surface area contributed by atoms with E-state index < -0.39 is 6.29 Å². The van der Waals surface area contributed by atoms with Crippen molar-refractivity contribution in [2.45, 2.75) is 6.29 Å². The summed E-state index contributed by atoms with van der Waals surface area (Å²) in [6, 6.07) is 9.49. The lowest BCUT2D eigenvalue weighted by Gasteiger charge is -1.97. The molecule has 6 nitrogen and oxygen atoms in total. The second kappa shape index (κ2) is 6.48. The highest BCUT2D eigenvalue weighted by molar-refractivity contribution is 5.54. The van der Waals surface area contributed by atoms with E-state index in [2.05, 4.69) is 19.9 Å². The predicted octanol–water partition coefficient (Wildman–Crippen LogP) is 1.47. The molecule has 0 amide bonds. The van der Waals surface area contributed by atoms with E-state index in [0.717, 1.165) is 5.56 Å². The molecule has 2 heterocycles. The molecule has 0 saturated heterocycles. The fraction of sp³-hybridized carbons (Fsp3) is 0.0769. The Bertz CT molecular complexity index is 559. The average molecular weight is 258 g/mol. The van der Waals surface area contributed by atoms with Crippen molar-refractivity contribution in [3.05, 3.63) is 60.9 Å². The number of hydrogen-bond acceptors (Lipinski definition) is 4. The van der Waals surface area contributed by atoms with E-state index in [1.54, 1.807) is 18.7 Å². The van der Waals surface area contributed by atoms with Crippen molar-refractivity contribution in [2.24, 2.45) is 0 Å². The highest BCUT2D eigenvalue weighted by atomic mass is 16.5. The van der Waals surface area contributed by atoms with E-state index in [4.69, 9.17) is 10.2 Å². The molecule has 2 aromatic heterocycles. The van der Waals surface area contributed by atoms with Crippen LogP contribution in [-0.4, -0.2) is 30.1 Å². The molecule has 0 aliphatic heterocycles. The van der Waals surface area contributed by atoms with Gasteiger partial charge in [-0.3, -0.25) is 0 Å². The van der Waals surface area contributed by atoms with Crippen LogP contribution in [0.5, 0.6) is 0 Å². The van der Waals surface area contributed by atoms with Crippen LogP contribution in [0.2, 0.25) is 0 Å². The summed E-state index contributed by atoms with van der Waals surface area (Å²) < 4.78 is 0. The maximum absolute atomic E-state index is 8.87. The molecular formula is C13H14N4O2. The van der Waals surface area contributed by atoms with Gasteiger partial charge in [0, 0.05) is 18.0 Å². The second-order valence-electron chi connectivity index (χ2n) is 3.69.